The number of carbonyl (C=O) groups is 2. The molecule has 2 aromatic carbocycles. The second kappa shape index (κ2) is 8.76. The van der Waals surface area contributed by atoms with E-state index in [4.69, 9.17) is 0 Å². The first-order chi connectivity index (χ1) is 15.9. The lowest BCUT2D eigenvalue weighted by Crippen LogP contribution is -2.63. The molecular formula is C25H31N5O3. The molecule has 1 saturated carbocycles. The molecule has 6 atom stereocenters. The van der Waals surface area contributed by atoms with E-state index in [1.54, 1.807) is 17.9 Å². The van der Waals surface area contributed by atoms with Crippen molar-refractivity contribution in [3.05, 3.63) is 42.0 Å². The van der Waals surface area contributed by atoms with Crippen LogP contribution >= 0.6 is 0 Å². The smallest absolute Gasteiger partial charge is 0.262 e. The van der Waals surface area contributed by atoms with Gasteiger partial charge in [0, 0.05) is 11.6 Å². The maximum absolute atomic E-state index is 13.4. The molecule has 2 aliphatic heterocycles. The molecule has 2 amide bonds. The molecule has 3 fully saturated rings. The lowest BCUT2D eigenvalue weighted by Gasteiger charge is -2.40. The summed E-state index contributed by atoms with van der Waals surface area (Å²) in [6.07, 6.45) is 4.71. The van der Waals surface area contributed by atoms with E-state index >= 15 is 0 Å². The van der Waals surface area contributed by atoms with Gasteiger partial charge in [-0.1, -0.05) is 43.7 Å². The van der Waals surface area contributed by atoms with Crippen LogP contribution < -0.4 is 16.1 Å². The van der Waals surface area contributed by atoms with Crippen LogP contribution in [0.25, 0.3) is 10.8 Å². The van der Waals surface area contributed by atoms with Gasteiger partial charge in [0.05, 0.1) is 25.0 Å². The van der Waals surface area contributed by atoms with E-state index < -0.39 is 6.04 Å². The average molecular weight is 450 g/mol. The van der Waals surface area contributed by atoms with Crippen LogP contribution in [0.1, 0.15) is 38.7 Å². The molecule has 8 heteroatoms. The van der Waals surface area contributed by atoms with Gasteiger partial charge in [-0.25, -0.2) is 5.43 Å². The molecule has 2 saturated heterocycles. The van der Waals surface area contributed by atoms with E-state index in [0.717, 1.165) is 30.0 Å². The van der Waals surface area contributed by atoms with Crippen LogP contribution in [-0.4, -0.2) is 53.0 Å². The topological polar surface area (TPSA) is 106 Å². The largest absolute Gasteiger partial charge is 0.507 e. The van der Waals surface area contributed by atoms with Crippen LogP contribution in [0.15, 0.2) is 41.5 Å². The van der Waals surface area contributed by atoms with E-state index in [0.29, 0.717) is 30.1 Å². The number of hydrogen-bond acceptors (Lipinski definition) is 6. The van der Waals surface area contributed by atoms with Gasteiger partial charge in [-0.05, 0) is 48.4 Å². The van der Waals surface area contributed by atoms with E-state index in [1.165, 1.54) is 6.21 Å². The van der Waals surface area contributed by atoms with Gasteiger partial charge in [0.1, 0.15) is 11.8 Å². The average Bonchev–Trinajstić information content (AvgIpc) is 3.18. The number of amides is 2. The second-order valence-corrected chi connectivity index (χ2v) is 9.66. The zero-order chi connectivity index (χ0) is 23.1. The van der Waals surface area contributed by atoms with Gasteiger partial charge < -0.3 is 10.0 Å². The molecule has 8 nitrogen and oxygen atoms in total. The van der Waals surface area contributed by atoms with Crippen molar-refractivity contribution in [2.45, 2.75) is 51.4 Å². The van der Waals surface area contributed by atoms with Crippen molar-refractivity contribution in [2.24, 2.45) is 22.9 Å². The maximum Gasteiger partial charge on any atom is 0.262 e. The van der Waals surface area contributed by atoms with Crippen molar-refractivity contribution in [1.82, 2.24) is 21.0 Å². The summed E-state index contributed by atoms with van der Waals surface area (Å²) < 4.78 is 0. The fourth-order valence-corrected chi connectivity index (χ4v) is 5.73. The fourth-order valence-electron chi connectivity index (χ4n) is 5.73. The Labute approximate surface area is 193 Å². The Balaban J connectivity index is 1.26. The molecule has 1 aliphatic carbocycles. The zero-order valence-electron chi connectivity index (χ0n) is 19.0. The molecule has 5 rings (SSSR count). The number of nitrogens with zero attached hydrogens (tertiary/aromatic N) is 2. The molecule has 0 spiro atoms. The van der Waals surface area contributed by atoms with Crippen LogP contribution in [0, 0.1) is 17.8 Å². The van der Waals surface area contributed by atoms with Gasteiger partial charge >= 0.3 is 0 Å². The summed E-state index contributed by atoms with van der Waals surface area (Å²) in [6, 6.07) is 10.8. The second-order valence-electron chi connectivity index (χ2n) is 9.66. The van der Waals surface area contributed by atoms with E-state index in [1.807, 2.05) is 30.3 Å². The minimum absolute atomic E-state index is 0.0170. The van der Waals surface area contributed by atoms with Crippen LogP contribution in [-0.2, 0) is 9.59 Å². The highest BCUT2D eigenvalue weighted by atomic mass is 16.3. The Bertz CT molecular complexity index is 1100. The predicted molar refractivity (Wildman–Crippen MR) is 126 cm³/mol. The van der Waals surface area contributed by atoms with Gasteiger partial charge in [0.25, 0.3) is 5.91 Å². The Kier molecular flexibility index (Phi) is 5.80. The summed E-state index contributed by atoms with van der Waals surface area (Å²) in [5, 5.41) is 23.2. The minimum Gasteiger partial charge on any atom is -0.507 e. The molecule has 0 aromatic heterocycles. The molecule has 6 unspecified atom stereocenters. The van der Waals surface area contributed by atoms with Crippen LogP contribution in [0.4, 0.5) is 0 Å². The normalized spacial score (nSPS) is 30.3. The predicted octanol–water partition coefficient (Wildman–Crippen LogP) is 2.12. The van der Waals surface area contributed by atoms with Gasteiger partial charge in [0.15, 0.2) is 0 Å². The molecule has 0 bridgehead atoms. The Morgan fingerprint density at radius 1 is 1.27 bits per heavy atom. The van der Waals surface area contributed by atoms with Crippen LogP contribution in [0.2, 0.25) is 0 Å². The number of phenols is 1. The molecule has 4 N–H and O–H groups in total. The lowest BCUT2D eigenvalue weighted by atomic mass is 9.74. The molecule has 2 heterocycles. The first-order valence-electron chi connectivity index (χ1n) is 11.8. The Morgan fingerprint density at radius 3 is 2.94 bits per heavy atom. The number of phenolic OH excluding ortho intramolecular Hbond substituents is 1. The summed E-state index contributed by atoms with van der Waals surface area (Å²) in [6.45, 7) is 4.32. The zero-order valence-corrected chi connectivity index (χ0v) is 19.0. The van der Waals surface area contributed by atoms with Gasteiger partial charge in [-0.3, -0.25) is 20.2 Å². The van der Waals surface area contributed by atoms with Crippen molar-refractivity contribution in [2.75, 3.05) is 6.67 Å². The number of aromatic hydroxyl groups is 1. The quantitative estimate of drug-likeness (QED) is 0.423. The highest BCUT2D eigenvalue weighted by Crippen LogP contribution is 2.41. The first kappa shape index (κ1) is 21.9. The van der Waals surface area contributed by atoms with E-state index in [9.17, 15) is 14.7 Å². The highest BCUT2D eigenvalue weighted by molar-refractivity contribution is 6.02. The van der Waals surface area contributed by atoms with E-state index in [2.05, 4.69) is 28.1 Å². The third kappa shape index (κ3) is 3.98. The van der Waals surface area contributed by atoms with Crippen molar-refractivity contribution in [3.8, 4) is 5.75 Å². The number of nitrogens with one attached hydrogen (secondary N) is 3. The standard InChI is InChI=1S/C25H31N5O3/c1-14-7-9-18-20(11-14)28-23-22(18)25(33)30(13-26-23)15(2)24(32)29-27-12-19-17-6-4-3-5-16(17)8-10-21(19)31/h3-6,8,10,12,14-15,18,20,22-23,26,28,31H,7,9,11,13H2,1-2H3,(H,29,32)/b27-12+. The minimum atomic E-state index is -0.661. The summed E-state index contributed by atoms with van der Waals surface area (Å²) in [5.74, 6) is 0.616. The maximum atomic E-state index is 13.4. The van der Waals surface area contributed by atoms with Crippen LogP contribution in [0.3, 0.4) is 0 Å². The summed E-state index contributed by atoms with van der Waals surface area (Å²) >= 11 is 0. The van der Waals surface area contributed by atoms with Crippen molar-refractivity contribution < 1.29 is 14.7 Å². The lowest BCUT2D eigenvalue weighted by molar-refractivity contribution is -0.148. The molecule has 2 aromatic rings. The van der Waals surface area contributed by atoms with Crippen molar-refractivity contribution in [1.29, 1.82) is 0 Å². The third-order valence-corrected chi connectivity index (χ3v) is 7.59. The number of fused-ring (bicyclic) bond motifs is 4. The Morgan fingerprint density at radius 2 is 2.09 bits per heavy atom. The molecule has 33 heavy (non-hydrogen) atoms. The number of hydrazone groups is 1. The fraction of sp³-hybridized carbons (Fsp3) is 0.480. The summed E-state index contributed by atoms with van der Waals surface area (Å²) in [7, 11) is 0. The SMILES string of the molecule is CC1CCC2C(C1)NC1NCN(C(C)C(=O)N/N=C/c3c(O)ccc4ccccc34)C(=O)C12. The van der Waals surface area contributed by atoms with Gasteiger partial charge in [-0.15, -0.1) is 0 Å². The molecular weight excluding hydrogens is 418 g/mol. The van der Waals surface area contributed by atoms with E-state index in [-0.39, 0.29) is 29.6 Å². The summed E-state index contributed by atoms with van der Waals surface area (Å²) in [4.78, 5) is 27.8. The number of carbonyl (C=O) groups excluding carboxylic acids is 2. The van der Waals surface area contributed by atoms with Gasteiger partial charge in [0.2, 0.25) is 5.91 Å². The molecule has 3 aliphatic rings. The number of rotatable bonds is 4. The number of hydrogen-bond donors (Lipinski definition) is 4. The van der Waals surface area contributed by atoms with Crippen LogP contribution in [0.5, 0.6) is 5.75 Å². The Hall–Kier alpha value is -2.97. The highest BCUT2D eigenvalue weighted by Gasteiger charge is 2.52. The monoisotopic (exact) mass is 449 g/mol. The third-order valence-electron chi connectivity index (χ3n) is 7.59. The van der Waals surface area contributed by atoms with Crippen molar-refractivity contribution >= 4 is 28.8 Å². The van der Waals surface area contributed by atoms with Crippen molar-refractivity contribution in [3.63, 3.8) is 0 Å². The summed E-state index contributed by atoms with van der Waals surface area (Å²) in [5.41, 5.74) is 3.08. The molecule has 0 radical (unpaired) electrons. The molecule has 174 valence electrons. The first-order valence-corrected chi connectivity index (χ1v) is 11.8. The van der Waals surface area contributed by atoms with Gasteiger partial charge in [-0.2, -0.15) is 5.10 Å². The number of benzene rings is 2.